The van der Waals surface area contributed by atoms with Crippen LogP contribution in [0.25, 0.3) is 0 Å². The number of para-hydroxylation sites is 1. The van der Waals surface area contributed by atoms with Crippen molar-refractivity contribution in [2.45, 2.75) is 23.9 Å². The van der Waals surface area contributed by atoms with Gasteiger partial charge in [-0.25, -0.2) is 0 Å². The van der Waals surface area contributed by atoms with Gasteiger partial charge >= 0.3 is 6.18 Å². The molecule has 9 heteroatoms. The van der Waals surface area contributed by atoms with Crippen LogP contribution < -0.4 is 10.2 Å². The van der Waals surface area contributed by atoms with Crippen LogP contribution >= 0.6 is 11.8 Å². The number of hydrogen-bond acceptors (Lipinski definition) is 4. The minimum Gasteiger partial charge on any atom is -0.321 e. The topological polar surface area (TPSA) is 66.5 Å². The molecule has 0 aromatic heterocycles. The molecule has 0 unspecified atom stereocenters. The minimum atomic E-state index is -4.32. The number of alkyl halides is 3. The first-order valence-electron chi connectivity index (χ1n) is 8.30. The van der Waals surface area contributed by atoms with Crippen molar-refractivity contribution in [2.75, 3.05) is 16.0 Å². The molecule has 0 saturated carbocycles. The molecule has 1 aliphatic heterocycles. The molecule has 3 rings (SSSR count). The summed E-state index contributed by atoms with van der Waals surface area (Å²) in [4.78, 5) is 37.3. The van der Waals surface area contributed by atoms with Crippen LogP contribution in [0.15, 0.2) is 53.4 Å². The van der Waals surface area contributed by atoms with Gasteiger partial charge in [0, 0.05) is 23.3 Å². The number of nitrogens with one attached hydrogen (secondary N) is 1. The zero-order valence-electron chi connectivity index (χ0n) is 14.5. The van der Waals surface area contributed by atoms with E-state index in [1.165, 1.54) is 36.4 Å². The van der Waals surface area contributed by atoms with E-state index < -0.39 is 17.8 Å². The van der Waals surface area contributed by atoms with Gasteiger partial charge in [-0.15, -0.1) is 11.8 Å². The molecule has 0 atom stereocenters. The third-order valence-corrected chi connectivity index (χ3v) is 5.10. The molecule has 0 aliphatic carbocycles. The van der Waals surface area contributed by atoms with Crippen LogP contribution in [0.5, 0.6) is 0 Å². The second-order valence-electron chi connectivity index (χ2n) is 6.02. The Kier molecular flexibility index (Phi) is 5.73. The fraction of sp³-hybridized carbons (Fsp3) is 0.211. The molecule has 5 nitrogen and oxygen atoms in total. The van der Waals surface area contributed by atoms with Crippen LogP contribution in [0.4, 0.5) is 24.5 Å². The number of carbonyl (C=O) groups is 3. The maximum Gasteiger partial charge on any atom is 0.398 e. The van der Waals surface area contributed by atoms with Gasteiger partial charge in [-0.05, 0) is 36.4 Å². The van der Waals surface area contributed by atoms with Crippen LogP contribution in [-0.4, -0.2) is 29.7 Å². The Balaban J connectivity index is 1.72. The van der Waals surface area contributed by atoms with E-state index in [9.17, 15) is 27.6 Å². The number of hydrogen-bond donors (Lipinski definition) is 1. The van der Waals surface area contributed by atoms with Gasteiger partial charge in [0.05, 0.1) is 17.1 Å². The van der Waals surface area contributed by atoms with Crippen LogP contribution in [0.3, 0.4) is 0 Å². The van der Waals surface area contributed by atoms with Crippen LogP contribution in [0.1, 0.15) is 23.2 Å². The lowest BCUT2D eigenvalue weighted by Gasteiger charge is -2.15. The van der Waals surface area contributed by atoms with Crippen molar-refractivity contribution in [1.82, 2.24) is 0 Å². The third-order valence-electron chi connectivity index (χ3n) is 3.97. The number of benzene rings is 2. The molecule has 0 spiro atoms. The van der Waals surface area contributed by atoms with Crippen LogP contribution in [-0.2, 0) is 9.59 Å². The molecule has 2 aromatic carbocycles. The molecule has 146 valence electrons. The Morgan fingerprint density at radius 1 is 1.00 bits per heavy atom. The number of thioether (sulfide) groups is 1. The maximum atomic E-state index is 12.5. The molecule has 1 aliphatic rings. The van der Waals surface area contributed by atoms with Crippen molar-refractivity contribution < 1.29 is 27.6 Å². The predicted octanol–water partition coefficient (Wildman–Crippen LogP) is 4.25. The summed E-state index contributed by atoms with van der Waals surface area (Å²) in [6.45, 7) is 0. The van der Waals surface area contributed by atoms with Crippen molar-refractivity contribution >= 4 is 40.9 Å². The number of nitrogens with zero attached hydrogens (tertiary/aromatic N) is 1. The molecule has 3 amide bonds. The zero-order chi connectivity index (χ0) is 20.3. The van der Waals surface area contributed by atoms with Gasteiger partial charge in [0.15, 0.2) is 0 Å². The van der Waals surface area contributed by atoms with Gasteiger partial charge < -0.3 is 5.32 Å². The molecule has 1 heterocycles. The van der Waals surface area contributed by atoms with E-state index in [1.54, 1.807) is 12.1 Å². The lowest BCUT2D eigenvalue weighted by Crippen LogP contribution is -2.28. The van der Waals surface area contributed by atoms with Gasteiger partial charge in [-0.1, -0.05) is 12.1 Å². The van der Waals surface area contributed by atoms with Gasteiger partial charge in [-0.2, -0.15) is 13.2 Å². The molecule has 0 bridgehead atoms. The first-order chi connectivity index (χ1) is 13.2. The number of anilines is 2. The normalized spacial score (nSPS) is 14.5. The first-order valence-corrected chi connectivity index (χ1v) is 9.29. The summed E-state index contributed by atoms with van der Waals surface area (Å²) < 4.78 is 37.4. The highest BCUT2D eigenvalue weighted by Gasteiger charge is 2.30. The van der Waals surface area contributed by atoms with Gasteiger partial charge in [-0.3, -0.25) is 19.3 Å². The first kappa shape index (κ1) is 19.9. The second kappa shape index (κ2) is 8.05. The smallest absolute Gasteiger partial charge is 0.321 e. The van der Waals surface area contributed by atoms with Crippen molar-refractivity contribution in [3.63, 3.8) is 0 Å². The molecule has 28 heavy (non-hydrogen) atoms. The van der Waals surface area contributed by atoms with Gasteiger partial charge in [0.25, 0.3) is 5.91 Å². The fourth-order valence-electron chi connectivity index (χ4n) is 2.68. The van der Waals surface area contributed by atoms with Crippen LogP contribution in [0.2, 0.25) is 0 Å². The summed E-state index contributed by atoms with van der Waals surface area (Å²) in [5, 5.41) is 2.60. The molecular formula is C19H15F3N2O3S. The van der Waals surface area contributed by atoms with Crippen molar-refractivity contribution in [3.05, 3.63) is 54.1 Å². The summed E-state index contributed by atoms with van der Waals surface area (Å²) in [7, 11) is 0. The number of rotatable bonds is 5. The van der Waals surface area contributed by atoms with Gasteiger partial charge in [0.2, 0.25) is 11.8 Å². The molecule has 2 aromatic rings. The second-order valence-corrected chi connectivity index (χ2v) is 7.04. The lowest BCUT2D eigenvalue weighted by molar-refractivity contribution is -0.121. The highest BCUT2D eigenvalue weighted by molar-refractivity contribution is 7.99. The average Bonchev–Trinajstić information content (AvgIpc) is 2.99. The van der Waals surface area contributed by atoms with E-state index in [0.29, 0.717) is 22.3 Å². The van der Waals surface area contributed by atoms with Crippen molar-refractivity contribution in [3.8, 4) is 0 Å². The molecule has 1 saturated heterocycles. The number of halogens is 3. The van der Waals surface area contributed by atoms with E-state index in [0.717, 1.165) is 4.90 Å². The fourth-order valence-corrected chi connectivity index (χ4v) is 3.44. The van der Waals surface area contributed by atoms with Crippen LogP contribution in [0, 0.1) is 0 Å². The third kappa shape index (κ3) is 4.72. The Hall–Kier alpha value is -2.81. The highest BCUT2D eigenvalue weighted by Crippen LogP contribution is 2.32. The quantitative estimate of drug-likeness (QED) is 0.594. The number of amides is 3. The van der Waals surface area contributed by atoms with E-state index >= 15 is 0 Å². The van der Waals surface area contributed by atoms with E-state index in [-0.39, 0.29) is 35.9 Å². The average molecular weight is 408 g/mol. The molecule has 0 radical (unpaired) electrons. The Morgan fingerprint density at radius 2 is 1.61 bits per heavy atom. The van der Waals surface area contributed by atoms with E-state index in [1.807, 2.05) is 0 Å². The molecular weight excluding hydrogens is 393 g/mol. The number of imide groups is 1. The Labute approximate surface area is 162 Å². The molecule has 1 N–H and O–H groups in total. The summed E-state index contributed by atoms with van der Waals surface area (Å²) in [5.41, 5.74) is 0.902. The standard InChI is InChI=1S/C19H15F3N2O3S/c20-19(21,22)11-28-15-4-2-1-3-14(15)23-18(27)12-5-7-13(8-6-12)24-16(25)9-10-17(24)26/h1-8H,9-11H2,(H,23,27). The minimum absolute atomic E-state index is 0.160. The predicted molar refractivity (Wildman–Crippen MR) is 99.3 cm³/mol. The molecule has 1 fully saturated rings. The zero-order valence-corrected chi connectivity index (χ0v) is 15.3. The maximum absolute atomic E-state index is 12.5. The van der Waals surface area contributed by atoms with Gasteiger partial charge in [0.1, 0.15) is 0 Å². The summed E-state index contributed by atoms with van der Waals surface area (Å²) in [5.74, 6) is -2.16. The van der Waals surface area contributed by atoms with E-state index in [2.05, 4.69) is 5.32 Å². The van der Waals surface area contributed by atoms with E-state index in [4.69, 9.17) is 0 Å². The Bertz CT molecular complexity index is 897. The van der Waals surface area contributed by atoms with Crippen molar-refractivity contribution in [1.29, 1.82) is 0 Å². The monoisotopic (exact) mass is 408 g/mol. The summed E-state index contributed by atoms with van der Waals surface area (Å²) in [6.07, 6.45) is -4.00. The highest BCUT2D eigenvalue weighted by atomic mass is 32.2. The Morgan fingerprint density at radius 3 is 2.21 bits per heavy atom. The largest absolute Gasteiger partial charge is 0.398 e. The number of carbonyl (C=O) groups excluding carboxylic acids is 3. The van der Waals surface area contributed by atoms with Crippen molar-refractivity contribution in [2.24, 2.45) is 0 Å². The summed E-state index contributed by atoms with van der Waals surface area (Å²) >= 11 is 0.590. The lowest BCUT2D eigenvalue weighted by atomic mass is 10.1. The SMILES string of the molecule is O=C(Nc1ccccc1SCC(F)(F)F)c1ccc(N2C(=O)CCC2=O)cc1. The summed E-state index contributed by atoms with van der Waals surface area (Å²) in [6, 6.07) is 12.1.